The van der Waals surface area contributed by atoms with Gasteiger partial charge in [0.15, 0.2) is 0 Å². The summed E-state index contributed by atoms with van der Waals surface area (Å²) in [5, 5.41) is 3.71. The van der Waals surface area contributed by atoms with Crippen LogP contribution < -0.4 is 5.32 Å². The van der Waals surface area contributed by atoms with Crippen LogP contribution in [0.1, 0.15) is 40.0 Å². The van der Waals surface area contributed by atoms with Gasteiger partial charge in [0.25, 0.3) is 0 Å². The molecule has 3 heteroatoms. The molecule has 0 aromatic rings. The summed E-state index contributed by atoms with van der Waals surface area (Å²) in [5.41, 5.74) is 0. The molecule has 2 rings (SSSR count). The molecule has 0 radical (unpaired) electrons. The van der Waals surface area contributed by atoms with Crippen LogP contribution in [0.3, 0.4) is 0 Å². The largest absolute Gasteiger partial charge is 0.381 e. The van der Waals surface area contributed by atoms with Gasteiger partial charge in [0.2, 0.25) is 0 Å². The van der Waals surface area contributed by atoms with E-state index in [9.17, 15) is 0 Å². The molecular formula is C15H30N2O. The lowest BCUT2D eigenvalue weighted by Gasteiger charge is -2.42. The summed E-state index contributed by atoms with van der Waals surface area (Å²) in [4.78, 5) is 2.74. The van der Waals surface area contributed by atoms with Gasteiger partial charge < -0.3 is 10.1 Å². The molecule has 3 atom stereocenters. The van der Waals surface area contributed by atoms with E-state index in [1.807, 2.05) is 0 Å². The summed E-state index contributed by atoms with van der Waals surface area (Å²) in [7, 11) is 0. The van der Waals surface area contributed by atoms with Gasteiger partial charge in [0.1, 0.15) is 0 Å². The molecule has 0 aliphatic carbocycles. The molecule has 0 bridgehead atoms. The van der Waals surface area contributed by atoms with E-state index in [4.69, 9.17) is 4.74 Å². The van der Waals surface area contributed by atoms with Crippen LogP contribution in [0.5, 0.6) is 0 Å². The molecule has 2 fully saturated rings. The molecule has 3 unspecified atom stereocenters. The Balaban J connectivity index is 1.89. The first-order valence-electron chi connectivity index (χ1n) is 7.74. The number of hydrogen-bond acceptors (Lipinski definition) is 3. The van der Waals surface area contributed by atoms with E-state index in [1.165, 1.54) is 38.9 Å². The van der Waals surface area contributed by atoms with Gasteiger partial charge in [-0.05, 0) is 31.1 Å². The summed E-state index contributed by atoms with van der Waals surface area (Å²) in [6.45, 7) is 12.6. The Labute approximate surface area is 112 Å². The third-order valence-corrected chi connectivity index (χ3v) is 4.37. The molecule has 2 aliphatic heterocycles. The highest BCUT2D eigenvalue weighted by Crippen LogP contribution is 2.21. The molecule has 1 N–H and O–H groups in total. The number of nitrogens with zero attached hydrogens (tertiary/aromatic N) is 1. The highest BCUT2D eigenvalue weighted by molar-refractivity contribution is 4.87. The van der Waals surface area contributed by atoms with Gasteiger partial charge in [-0.3, -0.25) is 4.90 Å². The Hall–Kier alpha value is -0.120. The first-order valence-corrected chi connectivity index (χ1v) is 7.74. The van der Waals surface area contributed by atoms with Gasteiger partial charge in [-0.1, -0.05) is 20.8 Å². The molecule has 0 aromatic carbocycles. The van der Waals surface area contributed by atoms with Crippen molar-refractivity contribution in [1.82, 2.24) is 10.2 Å². The fraction of sp³-hybridized carbons (Fsp3) is 1.00. The molecule has 2 heterocycles. The van der Waals surface area contributed by atoms with Crippen LogP contribution in [-0.4, -0.2) is 49.8 Å². The second-order valence-corrected chi connectivity index (χ2v) is 6.48. The second kappa shape index (κ2) is 6.88. The maximum atomic E-state index is 5.53. The van der Waals surface area contributed by atoms with Crippen molar-refractivity contribution in [2.24, 2.45) is 11.8 Å². The zero-order valence-corrected chi connectivity index (χ0v) is 12.3. The lowest BCUT2D eigenvalue weighted by molar-refractivity contribution is 0.0888. The molecule has 0 aromatic heterocycles. The number of ether oxygens (including phenoxy) is 1. The van der Waals surface area contributed by atoms with E-state index in [2.05, 4.69) is 31.0 Å². The second-order valence-electron chi connectivity index (χ2n) is 6.48. The summed E-state index contributed by atoms with van der Waals surface area (Å²) in [6, 6.07) is 1.42. The van der Waals surface area contributed by atoms with Gasteiger partial charge in [-0.2, -0.15) is 0 Å². The van der Waals surface area contributed by atoms with E-state index in [1.54, 1.807) is 0 Å². The maximum absolute atomic E-state index is 5.53. The van der Waals surface area contributed by atoms with Crippen molar-refractivity contribution in [1.29, 1.82) is 0 Å². The normalized spacial score (nSPS) is 34.3. The van der Waals surface area contributed by atoms with Gasteiger partial charge in [0.05, 0.1) is 6.61 Å². The number of rotatable bonds is 5. The average Bonchev–Trinajstić information content (AvgIpc) is 2.83. The lowest BCUT2D eigenvalue weighted by atomic mass is 9.96. The smallest absolute Gasteiger partial charge is 0.0507 e. The van der Waals surface area contributed by atoms with E-state index in [0.29, 0.717) is 6.04 Å². The van der Waals surface area contributed by atoms with Crippen molar-refractivity contribution < 1.29 is 4.74 Å². The lowest BCUT2D eigenvalue weighted by Crippen LogP contribution is -2.57. The predicted molar refractivity (Wildman–Crippen MR) is 75.8 cm³/mol. The molecular weight excluding hydrogens is 224 g/mol. The highest BCUT2D eigenvalue weighted by Gasteiger charge is 2.30. The summed E-state index contributed by atoms with van der Waals surface area (Å²) in [5.74, 6) is 1.56. The van der Waals surface area contributed by atoms with Crippen molar-refractivity contribution in [3.8, 4) is 0 Å². The van der Waals surface area contributed by atoms with Crippen LogP contribution in [0.2, 0.25) is 0 Å². The highest BCUT2D eigenvalue weighted by atomic mass is 16.5. The molecule has 2 saturated heterocycles. The fourth-order valence-electron chi connectivity index (χ4n) is 3.26. The van der Waals surface area contributed by atoms with E-state index < -0.39 is 0 Å². The van der Waals surface area contributed by atoms with Gasteiger partial charge in [-0.15, -0.1) is 0 Å². The molecule has 18 heavy (non-hydrogen) atoms. The third kappa shape index (κ3) is 3.94. The Morgan fingerprint density at radius 2 is 2.22 bits per heavy atom. The first-order chi connectivity index (χ1) is 8.69. The minimum atomic E-state index is 0.690. The zero-order chi connectivity index (χ0) is 13.0. The molecule has 0 spiro atoms. The molecule has 0 saturated carbocycles. The van der Waals surface area contributed by atoms with Gasteiger partial charge in [0, 0.05) is 38.3 Å². The van der Waals surface area contributed by atoms with Crippen LogP contribution in [0, 0.1) is 11.8 Å². The summed E-state index contributed by atoms with van der Waals surface area (Å²) < 4.78 is 5.53. The third-order valence-electron chi connectivity index (χ3n) is 4.37. The van der Waals surface area contributed by atoms with Crippen molar-refractivity contribution in [3.63, 3.8) is 0 Å². The van der Waals surface area contributed by atoms with Gasteiger partial charge in [-0.25, -0.2) is 0 Å². The minimum absolute atomic E-state index is 0.690. The SMILES string of the molecule is CCC1CN(CC2CCOC2)C(CC(C)C)CN1. The molecule has 3 nitrogen and oxygen atoms in total. The topological polar surface area (TPSA) is 24.5 Å². The van der Waals surface area contributed by atoms with E-state index >= 15 is 0 Å². The number of piperazine rings is 1. The predicted octanol–water partition coefficient (Wildman–Crippen LogP) is 2.12. The molecule has 0 amide bonds. The maximum Gasteiger partial charge on any atom is 0.0507 e. The Morgan fingerprint density at radius 1 is 1.39 bits per heavy atom. The van der Waals surface area contributed by atoms with E-state index in [0.717, 1.165) is 31.1 Å². The summed E-state index contributed by atoms with van der Waals surface area (Å²) >= 11 is 0. The molecule has 106 valence electrons. The summed E-state index contributed by atoms with van der Waals surface area (Å²) in [6.07, 6.45) is 3.82. The van der Waals surface area contributed by atoms with Crippen LogP contribution >= 0.6 is 0 Å². The number of nitrogens with one attached hydrogen (secondary N) is 1. The standard InChI is InChI=1S/C15H30N2O/c1-4-14-10-17(9-13-5-6-18-11-13)15(8-16-14)7-12(2)3/h12-16H,4-11H2,1-3H3. The van der Waals surface area contributed by atoms with Crippen molar-refractivity contribution in [3.05, 3.63) is 0 Å². The van der Waals surface area contributed by atoms with Crippen LogP contribution in [0.4, 0.5) is 0 Å². The van der Waals surface area contributed by atoms with E-state index in [-0.39, 0.29) is 0 Å². The fourth-order valence-corrected chi connectivity index (χ4v) is 3.26. The Morgan fingerprint density at radius 3 is 2.83 bits per heavy atom. The average molecular weight is 254 g/mol. The number of hydrogen-bond donors (Lipinski definition) is 1. The Kier molecular flexibility index (Phi) is 5.46. The zero-order valence-electron chi connectivity index (χ0n) is 12.3. The first kappa shape index (κ1) is 14.3. The van der Waals surface area contributed by atoms with Gasteiger partial charge >= 0.3 is 0 Å². The Bertz CT molecular complexity index is 239. The quantitative estimate of drug-likeness (QED) is 0.813. The van der Waals surface area contributed by atoms with Crippen LogP contribution in [0.15, 0.2) is 0 Å². The molecule has 2 aliphatic rings. The monoisotopic (exact) mass is 254 g/mol. The minimum Gasteiger partial charge on any atom is -0.381 e. The van der Waals surface area contributed by atoms with Crippen LogP contribution in [-0.2, 0) is 4.74 Å². The van der Waals surface area contributed by atoms with Crippen molar-refractivity contribution >= 4 is 0 Å². The van der Waals surface area contributed by atoms with Crippen molar-refractivity contribution in [2.45, 2.75) is 52.1 Å². The van der Waals surface area contributed by atoms with Crippen molar-refractivity contribution in [2.75, 3.05) is 32.8 Å². The van der Waals surface area contributed by atoms with Crippen LogP contribution in [0.25, 0.3) is 0 Å².